The molecule has 1 N–H and O–H groups in total. The summed E-state index contributed by atoms with van der Waals surface area (Å²) in [7, 11) is 0. The number of halogens is 1. The van der Waals surface area contributed by atoms with E-state index in [0.717, 1.165) is 23.2 Å². The molecule has 0 atom stereocenters. The lowest BCUT2D eigenvalue weighted by atomic mass is 10.2. The summed E-state index contributed by atoms with van der Waals surface area (Å²) < 4.78 is 2.95. The van der Waals surface area contributed by atoms with Gasteiger partial charge in [-0.1, -0.05) is 12.1 Å². The summed E-state index contributed by atoms with van der Waals surface area (Å²) in [5.41, 5.74) is 2.33. The lowest BCUT2D eigenvalue weighted by Gasteiger charge is -2.06. The Labute approximate surface area is 129 Å². The fourth-order valence-electron chi connectivity index (χ4n) is 1.87. The van der Waals surface area contributed by atoms with E-state index in [-0.39, 0.29) is 0 Å². The van der Waals surface area contributed by atoms with Crippen molar-refractivity contribution in [3.8, 4) is 0 Å². The van der Waals surface area contributed by atoms with Gasteiger partial charge in [-0.05, 0) is 39.7 Å². The van der Waals surface area contributed by atoms with Gasteiger partial charge in [-0.15, -0.1) is 11.3 Å². The quantitative estimate of drug-likeness (QED) is 0.763. The standard InChI is InChI=1S/C14H13BrN4S/c15-12-5-14(20-8-12)6-17-13-3-1-11(2-4-13)7-19-10-16-9-18-19/h1-5,8-10,17H,6-7H2. The van der Waals surface area contributed by atoms with E-state index in [1.807, 2.05) is 4.68 Å². The summed E-state index contributed by atoms with van der Waals surface area (Å²) in [4.78, 5) is 5.25. The molecule has 0 aliphatic carbocycles. The zero-order chi connectivity index (χ0) is 13.8. The van der Waals surface area contributed by atoms with Crippen molar-refractivity contribution in [3.05, 3.63) is 63.3 Å². The molecule has 20 heavy (non-hydrogen) atoms. The van der Waals surface area contributed by atoms with E-state index in [2.05, 4.69) is 67.0 Å². The van der Waals surface area contributed by atoms with Crippen LogP contribution in [-0.2, 0) is 13.1 Å². The van der Waals surface area contributed by atoms with Gasteiger partial charge in [0.2, 0.25) is 0 Å². The van der Waals surface area contributed by atoms with Crippen molar-refractivity contribution in [1.82, 2.24) is 14.8 Å². The minimum atomic E-state index is 0.748. The molecule has 2 heterocycles. The van der Waals surface area contributed by atoms with Gasteiger partial charge >= 0.3 is 0 Å². The Morgan fingerprint density at radius 1 is 1.25 bits per heavy atom. The van der Waals surface area contributed by atoms with Crippen LogP contribution in [0.2, 0.25) is 0 Å². The minimum absolute atomic E-state index is 0.748. The average molecular weight is 349 g/mol. The van der Waals surface area contributed by atoms with E-state index in [1.54, 1.807) is 24.0 Å². The summed E-state index contributed by atoms with van der Waals surface area (Å²) in [6, 6.07) is 10.5. The molecule has 1 aromatic carbocycles. The largest absolute Gasteiger partial charge is 0.380 e. The van der Waals surface area contributed by atoms with Gasteiger partial charge in [0.1, 0.15) is 12.7 Å². The van der Waals surface area contributed by atoms with Crippen LogP contribution in [0, 0.1) is 0 Å². The number of hydrogen-bond donors (Lipinski definition) is 1. The fraction of sp³-hybridized carbons (Fsp3) is 0.143. The Hall–Kier alpha value is -1.66. The van der Waals surface area contributed by atoms with E-state index >= 15 is 0 Å². The fourth-order valence-corrected chi connectivity index (χ4v) is 3.26. The predicted octanol–water partition coefficient (Wildman–Crippen LogP) is 3.76. The van der Waals surface area contributed by atoms with Crippen molar-refractivity contribution < 1.29 is 0 Å². The van der Waals surface area contributed by atoms with Gasteiger partial charge in [0.25, 0.3) is 0 Å². The van der Waals surface area contributed by atoms with Gasteiger partial charge in [0, 0.05) is 27.0 Å². The highest BCUT2D eigenvalue weighted by atomic mass is 79.9. The first-order valence-electron chi connectivity index (χ1n) is 6.18. The van der Waals surface area contributed by atoms with Crippen LogP contribution in [-0.4, -0.2) is 14.8 Å². The van der Waals surface area contributed by atoms with E-state index in [9.17, 15) is 0 Å². The molecular formula is C14H13BrN4S. The SMILES string of the molecule is Brc1csc(CNc2ccc(Cn3cncn3)cc2)c1. The molecule has 102 valence electrons. The van der Waals surface area contributed by atoms with Crippen molar-refractivity contribution in [1.29, 1.82) is 0 Å². The van der Waals surface area contributed by atoms with Crippen molar-refractivity contribution in [2.75, 3.05) is 5.32 Å². The molecule has 0 saturated carbocycles. The van der Waals surface area contributed by atoms with Crippen molar-refractivity contribution in [3.63, 3.8) is 0 Å². The van der Waals surface area contributed by atoms with Gasteiger partial charge in [0.15, 0.2) is 0 Å². The maximum atomic E-state index is 4.10. The van der Waals surface area contributed by atoms with Crippen LogP contribution in [0.3, 0.4) is 0 Å². The highest BCUT2D eigenvalue weighted by Crippen LogP contribution is 2.21. The zero-order valence-electron chi connectivity index (χ0n) is 10.7. The molecule has 0 unspecified atom stereocenters. The molecule has 0 aliphatic rings. The van der Waals surface area contributed by atoms with E-state index in [4.69, 9.17) is 0 Å². The summed E-state index contributed by atoms with van der Waals surface area (Å²) in [6.45, 7) is 1.59. The number of nitrogens with one attached hydrogen (secondary N) is 1. The number of nitrogens with zero attached hydrogens (tertiary/aromatic N) is 3. The van der Waals surface area contributed by atoms with Gasteiger partial charge in [0.05, 0.1) is 6.54 Å². The van der Waals surface area contributed by atoms with Gasteiger partial charge in [-0.25, -0.2) is 9.67 Å². The lowest BCUT2D eigenvalue weighted by molar-refractivity contribution is 0.685. The van der Waals surface area contributed by atoms with Crippen molar-refractivity contribution >= 4 is 33.0 Å². The smallest absolute Gasteiger partial charge is 0.137 e. The maximum absolute atomic E-state index is 4.10. The first kappa shape index (κ1) is 13.3. The molecule has 6 heteroatoms. The summed E-state index contributed by atoms with van der Waals surface area (Å²) in [5, 5.41) is 9.61. The van der Waals surface area contributed by atoms with Crippen LogP contribution in [0.25, 0.3) is 0 Å². The van der Waals surface area contributed by atoms with Crippen LogP contribution in [0.4, 0.5) is 5.69 Å². The van der Waals surface area contributed by atoms with Crippen LogP contribution < -0.4 is 5.32 Å². The Bertz CT molecular complexity index is 661. The third-order valence-electron chi connectivity index (χ3n) is 2.85. The highest BCUT2D eigenvalue weighted by molar-refractivity contribution is 9.10. The third kappa shape index (κ3) is 3.46. The lowest BCUT2D eigenvalue weighted by Crippen LogP contribution is -2.01. The molecule has 3 rings (SSSR count). The molecule has 2 aromatic heterocycles. The second kappa shape index (κ2) is 6.19. The topological polar surface area (TPSA) is 42.7 Å². The molecule has 0 aliphatic heterocycles. The first-order chi connectivity index (χ1) is 9.79. The molecule has 4 nitrogen and oxygen atoms in total. The summed E-state index contributed by atoms with van der Waals surface area (Å²) in [6.07, 6.45) is 3.27. The number of thiophene rings is 1. The van der Waals surface area contributed by atoms with Crippen LogP contribution in [0.5, 0.6) is 0 Å². The van der Waals surface area contributed by atoms with Gasteiger partial charge in [-0.2, -0.15) is 5.10 Å². The van der Waals surface area contributed by atoms with Crippen molar-refractivity contribution in [2.45, 2.75) is 13.1 Å². The van der Waals surface area contributed by atoms with Crippen molar-refractivity contribution in [2.24, 2.45) is 0 Å². The van der Waals surface area contributed by atoms with Gasteiger partial charge < -0.3 is 5.32 Å². The number of rotatable bonds is 5. The summed E-state index contributed by atoms with van der Waals surface area (Å²) in [5.74, 6) is 0. The maximum Gasteiger partial charge on any atom is 0.137 e. The first-order valence-corrected chi connectivity index (χ1v) is 7.85. The predicted molar refractivity (Wildman–Crippen MR) is 84.9 cm³/mol. The number of anilines is 1. The molecule has 0 amide bonds. The third-order valence-corrected chi connectivity index (χ3v) is 4.55. The highest BCUT2D eigenvalue weighted by Gasteiger charge is 1.99. The second-order valence-electron chi connectivity index (χ2n) is 4.37. The Balaban J connectivity index is 1.58. The second-order valence-corrected chi connectivity index (χ2v) is 6.29. The van der Waals surface area contributed by atoms with Crippen LogP contribution in [0.15, 0.2) is 52.8 Å². The Morgan fingerprint density at radius 3 is 2.75 bits per heavy atom. The Morgan fingerprint density at radius 2 is 2.10 bits per heavy atom. The van der Waals surface area contributed by atoms with Crippen LogP contribution in [0.1, 0.15) is 10.4 Å². The monoisotopic (exact) mass is 348 g/mol. The van der Waals surface area contributed by atoms with E-state index in [1.165, 1.54) is 10.4 Å². The van der Waals surface area contributed by atoms with Crippen LogP contribution >= 0.6 is 27.3 Å². The molecule has 0 saturated heterocycles. The molecule has 3 aromatic rings. The average Bonchev–Trinajstić information content (AvgIpc) is 3.10. The van der Waals surface area contributed by atoms with E-state index in [0.29, 0.717) is 0 Å². The zero-order valence-corrected chi connectivity index (χ0v) is 13.1. The summed E-state index contributed by atoms with van der Waals surface area (Å²) >= 11 is 5.21. The number of aromatic nitrogens is 3. The minimum Gasteiger partial charge on any atom is -0.380 e. The molecule has 0 fully saturated rings. The Kier molecular flexibility index (Phi) is 4.13. The molecule has 0 radical (unpaired) electrons. The molecule has 0 bridgehead atoms. The normalized spacial score (nSPS) is 10.7. The van der Waals surface area contributed by atoms with Gasteiger partial charge in [-0.3, -0.25) is 0 Å². The molecule has 0 spiro atoms. The molecular weight excluding hydrogens is 336 g/mol. The van der Waals surface area contributed by atoms with E-state index < -0.39 is 0 Å². The number of hydrogen-bond acceptors (Lipinski definition) is 4. The number of benzene rings is 1.